The lowest BCUT2D eigenvalue weighted by atomic mass is 10.3. The smallest absolute Gasteiger partial charge is 0.263 e. The molecule has 0 radical (unpaired) electrons. The Labute approximate surface area is 113 Å². The molecule has 6 heteroatoms. The van der Waals surface area contributed by atoms with Gasteiger partial charge in [-0.3, -0.25) is 14.3 Å². The van der Waals surface area contributed by atoms with Crippen LogP contribution < -0.4 is 5.56 Å². The van der Waals surface area contributed by atoms with E-state index >= 15 is 0 Å². The van der Waals surface area contributed by atoms with E-state index in [1.807, 2.05) is 0 Å². The third kappa shape index (κ3) is 2.32. The standard InChI is InChI=1S/C13H9ClN4O/c14-9-3-4-10(16-6-9)7-18-8-17-12-11(13(18)19)2-1-5-15-12/h1-6,8H,7H2. The minimum atomic E-state index is -0.130. The molecule has 0 aliphatic carbocycles. The number of halogens is 1. The van der Waals surface area contributed by atoms with Crippen molar-refractivity contribution in [1.29, 1.82) is 0 Å². The van der Waals surface area contributed by atoms with E-state index in [4.69, 9.17) is 11.6 Å². The number of hydrogen-bond acceptors (Lipinski definition) is 4. The molecule has 3 aromatic heterocycles. The van der Waals surface area contributed by atoms with E-state index in [1.54, 1.807) is 36.7 Å². The largest absolute Gasteiger partial charge is 0.293 e. The molecule has 0 fully saturated rings. The van der Waals surface area contributed by atoms with Crippen molar-refractivity contribution in [2.75, 3.05) is 0 Å². The van der Waals surface area contributed by atoms with Gasteiger partial charge < -0.3 is 0 Å². The Morgan fingerprint density at radius 1 is 1.16 bits per heavy atom. The molecule has 0 spiro atoms. The third-order valence-electron chi connectivity index (χ3n) is 2.72. The molecule has 0 saturated carbocycles. The van der Waals surface area contributed by atoms with E-state index in [-0.39, 0.29) is 5.56 Å². The van der Waals surface area contributed by atoms with Gasteiger partial charge >= 0.3 is 0 Å². The Bertz CT molecular complexity index is 783. The highest BCUT2D eigenvalue weighted by atomic mass is 35.5. The number of pyridine rings is 2. The Kier molecular flexibility index (Phi) is 2.97. The topological polar surface area (TPSA) is 60.7 Å². The predicted molar refractivity (Wildman–Crippen MR) is 72.1 cm³/mol. The van der Waals surface area contributed by atoms with Crippen LogP contribution in [0.1, 0.15) is 5.69 Å². The first-order valence-electron chi connectivity index (χ1n) is 5.64. The number of rotatable bonds is 2. The van der Waals surface area contributed by atoms with Crippen LogP contribution in [0.5, 0.6) is 0 Å². The van der Waals surface area contributed by atoms with Crippen molar-refractivity contribution in [3.63, 3.8) is 0 Å². The molecule has 0 saturated heterocycles. The molecule has 0 unspecified atom stereocenters. The van der Waals surface area contributed by atoms with Gasteiger partial charge in [-0.15, -0.1) is 0 Å². The van der Waals surface area contributed by atoms with Gasteiger partial charge in [0.1, 0.15) is 6.33 Å². The summed E-state index contributed by atoms with van der Waals surface area (Å²) in [6, 6.07) is 6.95. The van der Waals surface area contributed by atoms with Crippen molar-refractivity contribution in [1.82, 2.24) is 19.5 Å². The number of fused-ring (bicyclic) bond motifs is 1. The van der Waals surface area contributed by atoms with E-state index in [0.29, 0.717) is 22.6 Å². The highest BCUT2D eigenvalue weighted by Crippen LogP contribution is 2.07. The van der Waals surface area contributed by atoms with E-state index in [9.17, 15) is 4.79 Å². The fraction of sp³-hybridized carbons (Fsp3) is 0.0769. The fourth-order valence-corrected chi connectivity index (χ4v) is 1.90. The minimum absolute atomic E-state index is 0.130. The average Bonchev–Trinajstić information content (AvgIpc) is 2.45. The lowest BCUT2D eigenvalue weighted by molar-refractivity contribution is 0.728. The monoisotopic (exact) mass is 272 g/mol. The van der Waals surface area contributed by atoms with Gasteiger partial charge in [0.25, 0.3) is 5.56 Å². The van der Waals surface area contributed by atoms with Crippen LogP contribution in [0.3, 0.4) is 0 Å². The normalized spacial score (nSPS) is 10.8. The molecular weight excluding hydrogens is 264 g/mol. The molecular formula is C13H9ClN4O. The highest BCUT2D eigenvalue weighted by Gasteiger charge is 2.05. The van der Waals surface area contributed by atoms with Crippen molar-refractivity contribution >= 4 is 22.6 Å². The summed E-state index contributed by atoms with van der Waals surface area (Å²) < 4.78 is 1.50. The van der Waals surface area contributed by atoms with Gasteiger partial charge in [-0.25, -0.2) is 9.97 Å². The van der Waals surface area contributed by atoms with Crippen LogP contribution in [0.25, 0.3) is 11.0 Å². The Morgan fingerprint density at radius 3 is 2.84 bits per heavy atom. The SMILES string of the molecule is O=c1c2cccnc2ncn1Cc1ccc(Cl)cn1. The van der Waals surface area contributed by atoms with Crippen molar-refractivity contribution in [3.05, 3.63) is 64.1 Å². The van der Waals surface area contributed by atoms with E-state index in [1.165, 1.54) is 10.9 Å². The summed E-state index contributed by atoms with van der Waals surface area (Å²) in [5, 5.41) is 1.07. The van der Waals surface area contributed by atoms with Gasteiger partial charge in [-0.2, -0.15) is 0 Å². The minimum Gasteiger partial charge on any atom is -0.293 e. The zero-order chi connectivity index (χ0) is 13.2. The maximum Gasteiger partial charge on any atom is 0.263 e. The number of hydrogen-bond donors (Lipinski definition) is 0. The first-order valence-corrected chi connectivity index (χ1v) is 6.02. The highest BCUT2D eigenvalue weighted by molar-refractivity contribution is 6.30. The molecule has 0 amide bonds. The Morgan fingerprint density at radius 2 is 2.05 bits per heavy atom. The Balaban J connectivity index is 2.04. The van der Waals surface area contributed by atoms with Crippen molar-refractivity contribution in [3.8, 4) is 0 Å². The summed E-state index contributed by atoms with van der Waals surface area (Å²) in [5.74, 6) is 0. The molecule has 3 rings (SSSR count). The van der Waals surface area contributed by atoms with Crippen LogP contribution in [0, 0.1) is 0 Å². The second-order valence-electron chi connectivity index (χ2n) is 4.02. The van der Waals surface area contributed by atoms with Gasteiger partial charge in [0.05, 0.1) is 22.6 Å². The molecule has 0 aliphatic rings. The summed E-state index contributed by atoms with van der Waals surface area (Å²) in [7, 11) is 0. The fourth-order valence-electron chi connectivity index (χ4n) is 1.79. The predicted octanol–water partition coefficient (Wildman–Crippen LogP) is 1.89. The lowest BCUT2D eigenvalue weighted by Crippen LogP contribution is -2.21. The van der Waals surface area contributed by atoms with E-state index in [2.05, 4.69) is 15.0 Å². The molecule has 94 valence electrons. The van der Waals surface area contributed by atoms with Gasteiger partial charge in [0, 0.05) is 12.4 Å². The van der Waals surface area contributed by atoms with E-state index < -0.39 is 0 Å². The average molecular weight is 273 g/mol. The second kappa shape index (κ2) is 4.78. The lowest BCUT2D eigenvalue weighted by Gasteiger charge is -2.05. The molecule has 0 bridgehead atoms. The molecule has 3 aromatic rings. The van der Waals surface area contributed by atoms with Crippen LogP contribution in [0.4, 0.5) is 0 Å². The van der Waals surface area contributed by atoms with Gasteiger partial charge in [0.2, 0.25) is 0 Å². The maximum absolute atomic E-state index is 12.2. The van der Waals surface area contributed by atoms with Crippen LogP contribution in [-0.4, -0.2) is 19.5 Å². The summed E-state index contributed by atoms with van der Waals surface area (Å²) in [4.78, 5) is 24.6. The van der Waals surface area contributed by atoms with E-state index in [0.717, 1.165) is 5.69 Å². The molecule has 5 nitrogen and oxygen atoms in total. The zero-order valence-corrected chi connectivity index (χ0v) is 10.6. The molecule has 3 heterocycles. The number of nitrogens with zero attached hydrogens (tertiary/aromatic N) is 4. The van der Waals surface area contributed by atoms with Gasteiger partial charge in [-0.05, 0) is 24.3 Å². The molecule has 19 heavy (non-hydrogen) atoms. The molecule has 0 aromatic carbocycles. The first kappa shape index (κ1) is 11.8. The quantitative estimate of drug-likeness (QED) is 0.715. The first-order chi connectivity index (χ1) is 9.24. The van der Waals surface area contributed by atoms with Gasteiger partial charge in [0.15, 0.2) is 5.65 Å². The Hall–Kier alpha value is -2.27. The van der Waals surface area contributed by atoms with Crippen LogP contribution in [0.15, 0.2) is 47.8 Å². The second-order valence-corrected chi connectivity index (χ2v) is 4.46. The third-order valence-corrected chi connectivity index (χ3v) is 2.94. The van der Waals surface area contributed by atoms with Crippen LogP contribution >= 0.6 is 11.6 Å². The van der Waals surface area contributed by atoms with Gasteiger partial charge in [-0.1, -0.05) is 11.6 Å². The molecule has 0 atom stereocenters. The van der Waals surface area contributed by atoms with Crippen LogP contribution in [-0.2, 0) is 6.54 Å². The summed E-state index contributed by atoms with van der Waals surface area (Å²) >= 11 is 5.77. The van der Waals surface area contributed by atoms with Crippen LogP contribution in [0.2, 0.25) is 5.02 Å². The maximum atomic E-state index is 12.2. The molecule has 0 aliphatic heterocycles. The summed E-state index contributed by atoms with van der Waals surface area (Å²) in [5.41, 5.74) is 1.07. The van der Waals surface area contributed by atoms with Crippen molar-refractivity contribution in [2.24, 2.45) is 0 Å². The summed E-state index contributed by atoms with van der Waals surface area (Å²) in [6.07, 6.45) is 4.64. The summed E-state index contributed by atoms with van der Waals surface area (Å²) in [6.45, 7) is 0.355. The van der Waals surface area contributed by atoms with Crippen molar-refractivity contribution in [2.45, 2.75) is 6.54 Å². The van der Waals surface area contributed by atoms with Crippen molar-refractivity contribution < 1.29 is 0 Å². The zero-order valence-electron chi connectivity index (χ0n) is 9.82. The number of aromatic nitrogens is 4. The molecule has 0 N–H and O–H groups in total.